The van der Waals surface area contributed by atoms with Gasteiger partial charge in [-0.2, -0.15) is 0 Å². The molecule has 0 radical (unpaired) electrons. The minimum absolute atomic E-state index is 0.00161. The lowest BCUT2D eigenvalue weighted by Crippen LogP contribution is -2.32. The van der Waals surface area contributed by atoms with Gasteiger partial charge in [0, 0.05) is 23.1 Å². The average Bonchev–Trinajstić information content (AvgIpc) is 3.17. The monoisotopic (exact) mass is 394 g/mol. The van der Waals surface area contributed by atoms with Crippen molar-refractivity contribution in [1.82, 2.24) is 0 Å². The Morgan fingerprint density at radius 2 is 1.61 bits per heavy atom. The summed E-state index contributed by atoms with van der Waals surface area (Å²) in [5.74, 6) is 0.980. The van der Waals surface area contributed by atoms with Crippen LogP contribution in [0.1, 0.15) is 39.7 Å². The van der Waals surface area contributed by atoms with E-state index in [1.165, 1.54) is 16.2 Å². The maximum absolute atomic E-state index is 6.24. The molecule has 3 heteroatoms. The molecule has 0 aliphatic heterocycles. The summed E-state index contributed by atoms with van der Waals surface area (Å²) in [5.41, 5.74) is 1.21. The second-order valence-corrected chi connectivity index (χ2v) is 10.7. The van der Waals surface area contributed by atoms with Gasteiger partial charge in [0.2, 0.25) is 0 Å². The van der Waals surface area contributed by atoms with Crippen LogP contribution in [0.5, 0.6) is 5.75 Å². The van der Waals surface area contributed by atoms with Gasteiger partial charge < -0.3 is 9.47 Å². The zero-order valence-electron chi connectivity index (χ0n) is 17.6. The number of ether oxygens (including phenoxy) is 2. The summed E-state index contributed by atoms with van der Waals surface area (Å²) in [6, 6.07) is 17.5. The van der Waals surface area contributed by atoms with Crippen LogP contribution in [0.2, 0.25) is 0 Å². The van der Waals surface area contributed by atoms with Crippen LogP contribution in [0.3, 0.4) is 0 Å². The number of hydrogen-bond donors (Lipinski definition) is 0. The Bertz CT molecular complexity index is 835. The van der Waals surface area contributed by atoms with Gasteiger partial charge in [0.15, 0.2) is 6.79 Å². The molecule has 0 spiro atoms. The molecule has 0 heterocycles. The zero-order valence-corrected chi connectivity index (χ0v) is 18.5. The van der Waals surface area contributed by atoms with Gasteiger partial charge in [0.25, 0.3) is 0 Å². The van der Waals surface area contributed by atoms with Crippen LogP contribution in [-0.2, 0) is 10.2 Å². The SMILES string of the molecule is CCC1(P(c2ccccc2)c2cccc(C(C)(C)C)c2OCOC)C=CC=C1. The fourth-order valence-electron chi connectivity index (χ4n) is 3.78. The van der Waals surface area contributed by atoms with Crippen LogP contribution in [0.25, 0.3) is 0 Å². The van der Waals surface area contributed by atoms with E-state index in [0.29, 0.717) is 0 Å². The van der Waals surface area contributed by atoms with Crippen LogP contribution in [0.15, 0.2) is 72.8 Å². The van der Waals surface area contributed by atoms with Crippen LogP contribution in [0, 0.1) is 0 Å². The predicted molar refractivity (Wildman–Crippen MR) is 122 cm³/mol. The number of benzene rings is 2. The fourth-order valence-corrected chi connectivity index (χ4v) is 6.87. The molecule has 1 aliphatic carbocycles. The van der Waals surface area contributed by atoms with Crippen molar-refractivity contribution in [3.63, 3.8) is 0 Å². The van der Waals surface area contributed by atoms with Crippen molar-refractivity contribution in [1.29, 1.82) is 0 Å². The minimum Gasteiger partial charge on any atom is -0.467 e. The Morgan fingerprint density at radius 3 is 2.18 bits per heavy atom. The lowest BCUT2D eigenvalue weighted by atomic mass is 9.86. The van der Waals surface area contributed by atoms with Gasteiger partial charge >= 0.3 is 0 Å². The highest BCUT2D eigenvalue weighted by atomic mass is 31.1. The molecule has 0 N–H and O–H groups in total. The highest BCUT2D eigenvalue weighted by Gasteiger charge is 2.38. The summed E-state index contributed by atoms with van der Waals surface area (Å²) < 4.78 is 11.5. The molecular weight excluding hydrogens is 363 g/mol. The van der Waals surface area contributed by atoms with Crippen molar-refractivity contribution in [2.24, 2.45) is 0 Å². The van der Waals surface area contributed by atoms with Crippen molar-refractivity contribution in [3.05, 3.63) is 78.4 Å². The molecule has 28 heavy (non-hydrogen) atoms. The number of para-hydroxylation sites is 1. The summed E-state index contributed by atoms with van der Waals surface area (Å²) in [6.07, 6.45) is 10.2. The zero-order chi connectivity index (χ0) is 20.2. The van der Waals surface area contributed by atoms with E-state index in [-0.39, 0.29) is 17.4 Å². The third-order valence-electron chi connectivity index (χ3n) is 5.24. The van der Waals surface area contributed by atoms with E-state index in [2.05, 4.69) is 101 Å². The van der Waals surface area contributed by atoms with Gasteiger partial charge in [-0.3, -0.25) is 0 Å². The largest absolute Gasteiger partial charge is 0.467 e. The molecule has 0 fully saturated rings. The molecule has 0 aromatic heterocycles. The topological polar surface area (TPSA) is 18.5 Å². The molecule has 2 aromatic rings. The lowest BCUT2D eigenvalue weighted by molar-refractivity contribution is 0.0506. The van der Waals surface area contributed by atoms with E-state index in [4.69, 9.17) is 9.47 Å². The first-order chi connectivity index (χ1) is 13.4. The molecule has 1 aliphatic rings. The van der Waals surface area contributed by atoms with E-state index in [1.54, 1.807) is 7.11 Å². The van der Waals surface area contributed by atoms with Crippen LogP contribution >= 0.6 is 7.92 Å². The Kier molecular flexibility index (Phi) is 6.43. The van der Waals surface area contributed by atoms with E-state index < -0.39 is 7.92 Å². The second kappa shape index (κ2) is 8.64. The van der Waals surface area contributed by atoms with Crippen LogP contribution in [0.4, 0.5) is 0 Å². The smallest absolute Gasteiger partial charge is 0.188 e. The Morgan fingerprint density at radius 1 is 0.929 bits per heavy atom. The summed E-state index contributed by atoms with van der Waals surface area (Å²) in [7, 11) is 0.985. The van der Waals surface area contributed by atoms with E-state index in [9.17, 15) is 0 Å². The van der Waals surface area contributed by atoms with Gasteiger partial charge in [0.1, 0.15) is 5.75 Å². The van der Waals surface area contributed by atoms with Crippen molar-refractivity contribution in [2.45, 2.75) is 44.7 Å². The Hall–Kier alpha value is -1.89. The summed E-state index contributed by atoms with van der Waals surface area (Å²) in [6.45, 7) is 9.25. The van der Waals surface area contributed by atoms with E-state index in [1.807, 2.05) is 0 Å². The Labute approximate surface area is 171 Å². The van der Waals surface area contributed by atoms with Gasteiger partial charge in [-0.15, -0.1) is 0 Å². The highest BCUT2D eigenvalue weighted by molar-refractivity contribution is 7.75. The number of allylic oxidation sites excluding steroid dienone is 4. The Balaban J connectivity index is 2.26. The summed E-state index contributed by atoms with van der Waals surface area (Å²) in [4.78, 5) is 0. The molecule has 1 unspecified atom stereocenters. The summed E-state index contributed by atoms with van der Waals surface area (Å²) >= 11 is 0. The molecule has 0 amide bonds. The first kappa shape index (κ1) is 20.8. The number of rotatable bonds is 7. The maximum atomic E-state index is 6.24. The number of methoxy groups -OCH3 is 1. The first-order valence-corrected chi connectivity index (χ1v) is 11.2. The quantitative estimate of drug-likeness (QED) is 0.445. The normalized spacial score (nSPS) is 16.3. The van der Waals surface area contributed by atoms with Crippen molar-refractivity contribution < 1.29 is 9.47 Å². The fraction of sp³-hybridized carbons (Fsp3) is 0.360. The van der Waals surface area contributed by atoms with Gasteiger partial charge in [0.05, 0.1) is 0 Å². The molecule has 3 rings (SSSR count). The molecule has 0 bridgehead atoms. The summed E-state index contributed by atoms with van der Waals surface area (Å²) in [5, 5.41) is 2.64. The number of hydrogen-bond acceptors (Lipinski definition) is 2. The van der Waals surface area contributed by atoms with Gasteiger partial charge in [-0.1, -0.05) is 101 Å². The highest BCUT2D eigenvalue weighted by Crippen LogP contribution is 2.55. The van der Waals surface area contributed by atoms with Gasteiger partial charge in [-0.25, -0.2) is 0 Å². The standard InChI is InChI=1S/C25H31O2P/c1-6-25(17-10-11-18-25)28(20-13-8-7-9-14-20)22-16-12-15-21(24(2,3)4)23(22)27-19-26-5/h7-18H,6,19H2,1-5H3. The second-order valence-electron chi connectivity index (χ2n) is 8.19. The average molecular weight is 394 g/mol. The van der Waals surface area contributed by atoms with Crippen molar-refractivity contribution >= 4 is 18.5 Å². The third kappa shape index (κ3) is 4.09. The lowest BCUT2D eigenvalue weighted by Gasteiger charge is -2.37. The molecule has 148 valence electrons. The minimum atomic E-state index is -0.691. The molecular formula is C25H31O2P. The van der Waals surface area contributed by atoms with Crippen molar-refractivity contribution in [3.8, 4) is 5.75 Å². The first-order valence-electron chi connectivity index (χ1n) is 9.90. The van der Waals surface area contributed by atoms with Gasteiger partial charge in [-0.05, 0) is 25.1 Å². The third-order valence-corrected chi connectivity index (χ3v) is 8.34. The molecule has 2 nitrogen and oxygen atoms in total. The van der Waals surface area contributed by atoms with Crippen LogP contribution in [-0.4, -0.2) is 19.1 Å². The molecule has 1 atom stereocenters. The maximum Gasteiger partial charge on any atom is 0.188 e. The molecule has 0 saturated heterocycles. The van der Waals surface area contributed by atoms with E-state index in [0.717, 1.165) is 12.2 Å². The van der Waals surface area contributed by atoms with E-state index >= 15 is 0 Å². The van der Waals surface area contributed by atoms with Crippen LogP contribution < -0.4 is 15.3 Å². The molecule has 0 saturated carbocycles. The predicted octanol–water partition coefficient (Wildman–Crippen LogP) is 5.67. The van der Waals surface area contributed by atoms with Crippen molar-refractivity contribution in [2.75, 3.05) is 13.9 Å². The molecule has 2 aromatic carbocycles.